The fourth-order valence-corrected chi connectivity index (χ4v) is 2.42. The molecule has 0 atom stereocenters. The van der Waals surface area contributed by atoms with Crippen molar-refractivity contribution in [1.29, 1.82) is 0 Å². The van der Waals surface area contributed by atoms with Gasteiger partial charge in [0, 0.05) is 27.2 Å². The third-order valence-corrected chi connectivity index (χ3v) is 3.33. The number of halogens is 3. The standard InChI is InChI=1S/C10H10Cl3N/c11-7-4-9(12)8(10(13)5-7)6-14-2-1-3-14/h4-5H,1-3,6H2. The molecule has 1 aromatic rings. The van der Waals surface area contributed by atoms with Crippen molar-refractivity contribution in [3.05, 3.63) is 32.8 Å². The SMILES string of the molecule is Clc1cc(Cl)c(CN2CCC2)c(Cl)c1. The van der Waals surface area contributed by atoms with Gasteiger partial charge in [0.15, 0.2) is 0 Å². The highest BCUT2D eigenvalue weighted by molar-refractivity contribution is 6.39. The van der Waals surface area contributed by atoms with Gasteiger partial charge in [0.2, 0.25) is 0 Å². The van der Waals surface area contributed by atoms with E-state index in [4.69, 9.17) is 34.8 Å². The topological polar surface area (TPSA) is 3.24 Å². The van der Waals surface area contributed by atoms with E-state index in [9.17, 15) is 0 Å². The Morgan fingerprint density at radius 1 is 1.07 bits per heavy atom. The van der Waals surface area contributed by atoms with Gasteiger partial charge >= 0.3 is 0 Å². The molecule has 0 amide bonds. The second kappa shape index (κ2) is 4.28. The fraction of sp³-hybridized carbons (Fsp3) is 0.400. The van der Waals surface area contributed by atoms with Crippen LogP contribution in [0.1, 0.15) is 12.0 Å². The normalized spacial score (nSPS) is 16.8. The van der Waals surface area contributed by atoms with Crippen LogP contribution in [-0.4, -0.2) is 18.0 Å². The summed E-state index contributed by atoms with van der Waals surface area (Å²) in [5.41, 5.74) is 0.984. The molecule has 76 valence electrons. The fourth-order valence-electron chi connectivity index (χ4n) is 1.49. The highest BCUT2D eigenvalue weighted by atomic mass is 35.5. The number of likely N-dealkylation sites (tertiary alicyclic amines) is 1. The van der Waals surface area contributed by atoms with Crippen LogP contribution in [0, 0.1) is 0 Å². The first-order valence-corrected chi connectivity index (χ1v) is 5.66. The first-order chi connectivity index (χ1) is 6.66. The summed E-state index contributed by atoms with van der Waals surface area (Å²) in [6.07, 6.45) is 1.27. The van der Waals surface area contributed by atoms with E-state index < -0.39 is 0 Å². The summed E-state index contributed by atoms with van der Waals surface area (Å²) < 4.78 is 0. The van der Waals surface area contributed by atoms with Crippen molar-refractivity contribution in [2.75, 3.05) is 13.1 Å². The summed E-state index contributed by atoms with van der Waals surface area (Å²) >= 11 is 18.0. The summed E-state index contributed by atoms with van der Waals surface area (Å²) in [7, 11) is 0. The van der Waals surface area contributed by atoms with Crippen LogP contribution in [0.4, 0.5) is 0 Å². The summed E-state index contributed by atoms with van der Waals surface area (Å²) in [6.45, 7) is 3.10. The molecule has 0 radical (unpaired) electrons. The van der Waals surface area contributed by atoms with Crippen LogP contribution in [-0.2, 0) is 6.54 Å². The number of benzene rings is 1. The predicted octanol–water partition coefficient (Wildman–Crippen LogP) is 3.85. The summed E-state index contributed by atoms with van der Waals surface area (Å²) in [5, 5.41) is 1.91. The smallest absolute Gasteiger partial charge is 0.0480 e. The van der Waals surface area contributed by atoms with Gasteiger partial charge in [-0.15, -0.1) is 0 Å². The Labute approximate surface area is 98.6 Å². The molecule has 1 nitrogen and oxygen atoms in total. The van der Waals surface area contributed by atoms with E-state index >= 15 is 0 Å². The van der Waals surface area contributed by atoms with E-state index in [1.165, 1.54) is 6.42 Å². The Hall–Kier alpha value is 0.0500. The molecule has 1 aliphatic heterocycles. The van der Waals surface area contributed by atoms with Gasteiger partial charge in [0.25, 0.3) is 0 Å². The number of rotatable bonds is 2. The van der Waals surface area contributed by atoms with Gasteiger partial charge in [-0.1, -0.05) is 34.8 Å². The Bertz CT molecular complexity index is 324. The van der Waals surface area contributed by atoms with Crippen molar-refractivity contribution in [2.45, 2.75) is 13.0 Å². The first kappa shape index (κ1) is 10.6. The monoisotopic (exact) mass is 249 g/mol. The number of hydrogen-bond acceptors (Lipinski definition) is 1. The van der Waals surface area contributed by atoms with E-state index in [0.29, 0.717) is 15.1 Å². The number of nitrogens with zero attached hydrogens (tertiary/aromatic N) is 1. The number of hydrogen-bond donors (Lipinski definition) is 0. The summed E-state index contributed by atoms with van der Waals surface area (Å²) in [6, 6.07) is 3.48. The quantitative estimate of drug-likeness (QED) is 0.770. The van der Waals surface area contributed by atoms with Crippen LogP contribution < -0.4 is 0 Å². The molecule has 0 spiro atoms. The third-order valence-electron chi connectivity index (χ3n) is 2.44. The second-order valence-corrected chi connectivity index (χ2v) is 4.73. The van der Waals surface area contributed by atoms with Crippen LogP contribution >= 0.6 is 34.8 Å². The second-order valence-electron chi connectivity index (χ2n) is 3.48. The highest BCUT2D eigenvalue weighted by Gasteiger charge is 2.17. The van der Waals surface area contributed by atoms with Crippen LogP contribution in [0.15, 0.2) is 12.1 Å². The molecule has 1 fully saturated rings. The lowest BCUT2D eigenvalue weighted by atomic mass is 10.1. The molecule has 4 heteroatoms. The van der Waals surface area contributed by atoms with E-state index in [1.807, 2.05) is 0 Å². The van der Waals surface area contributed by atoms with Gasteiger partial charge in [0.1, 0.15) is 0 Å². The molecular weight excluding hydrogens is 240 g/mol. The Balaban J connectivity index is 2.22. The maximum absolute atomic E-state index is 6.06. The van der Waals surface area contributed by atoms with Gasteiger partial charge in [-0.05, 0) is 31.6 Å². The molecule has 1 aromatic carbocycles. The molecule has 0 aromatic heterocycles. The van der Waals surface area contributed by atoms with Gasteiger partial charge in [-0.3, -0.25) is 4.90 Å². The third kappa shape index (κ3) is 2.17. The average molecular weight is 251 g/mol. The zero-order chi connectivity index (χ0) is 10.1. The zero-order valence-electron chi connectivity index (χ0n) is 7.56. The minimum atomic E-state index is 0.590. The molecular formula is C10H10Cl3N. The zero-order valence-corrected chi connectivity index (χ0v) is 9.83. The maximum atomic E-state index is 6.06. The van der Waals surface area contributed by atoms with E-state index in [1.54, 1.807) is 12.1 Å². The van der Waals surface area contributed by atoms with Crippen molar-refractivity contribution in [2.24, 2.45) is 0 Å². The Morgan fingerprint density at radius 2 is 1.64 bits per heavy atom. The molecule has 0 aliphatic carbocycles. The highest BCUT2D eigenvalue weighted by Crippen LogP contribution is 2.30. The van der Waals surface area contributed by atoms with E-state index in [0.717, 1.165) is 25.2 Å². The maximum Gasteiger partial charge on any atom is 0.0480 e. The molecule has 0 bridgehead atoms. The van der Waals surface area contributed by atoms with Crippen molar-refractivity contribution >= 4 is 34.8 Å². The Morgan fingerprint density at radius 3 is 2.07 bits per heavy atom. The van der Waals surface area contributed by atoms with E-state index in [2.05, 4.69) is 4.90 Å². The molecule has 0 saturated carbocycles. The van der Waals surface area contributed by atoms with Crippen LogP contribution in [0.5, 0.6) is 0 Å². The van der Waals surface area contributed by atoms with Crippen molar-refractivity contribution in [3.63, 3.8) is 0 Å². The van der Waals surface area contributed by atoms with Crippen molar-refractivity contribution in [3.8, 4) is 0 Å². The predicted molar refractivity (Wildman–Crippen MR) is 61.4 cm³/mol. The van der Waals surface area contributed by atoms with Gasteiger partial charge in [0.05, 0.1) is 0 Å². The minimum absolute atomic E-state index is 0.590. The lowest BCUT2D eigenvalue weighted by Crippen LogP contribution is -2.36. The molecule has 1 aliphatic rings. The van der Waals surface area contributed by atoms with Gasteiger partial charge in [-0.25, -0.2) is 0 Å². The largest absolute Gasteiger partial charge is 0.299 e. The lowest BCUT2D eigenvalue weighted by molar-refractivity contribution is 0.172. The average Bonchev–Trinajstić information content (AvgIpc) is 1.98. The molecule has 14 heavy (non-hydrogen) atoms. The first-order valence-electron chi connectivity index (χ1n) is 4.52. The summed E-state index contributed by atoms with van der Waals surface area (Å²) in [4.78, 5) is 2.31. The summed E-state index contributed by atoms with van der Waals surface area (Å²) in [5.74, 6) is 0. The molecule has 0 unspecified atom stereocenters. The van der Waals surface area contributed by atoms with Crippen molar-refractivity contribution in [1.82, 2.24) is 4.90 Å². The lowest BCUT2D eigenvalue weighted by Gasteiger charge is -2.31. The Kier molecular flexibility index (Phi) is 3.23. The molecule has 1 heterocycles. The van der Waals surface area contributed by atoms with E-state index in [-0.39, 0.29) is 0 Å². The molecule has 2 rings (SSSR count). The molecule has 1 saturated heterocycles. The van der Waals surface area contributed by atoms with Crippen molar-refractivity contribution < 1.29 is 0 Å². The minimum Gasteiger partial charge on any atom is -0.299 e. The van der Waals surface area contributed by atoms with Crippen LogP contribution in [0.25, 0.3) is 0 Å². The van der Waals surface area contributed by atoms with Crippen LogP contribution in [0.2, 0.25) is 15.1 Å². The van der Waals surface area contributed by atoms with Gasteiger partial charge < -0.3 is 0 Å². The molecule has 0 N–H and O–H groups in total. The van der Waals surface area contributed by atoms with Crippen LogP contribution in [0.3, 0.4) is 0 Å². The van der Waals surface area contributed by atoms with Gasteiger partial charge in [-0.2, -0.15) is 0 Å².